The van der Waals surface area contributed by atoms with Crippen LogP contribution in [0.4, 0.5) is 11.4 Å². The van der Waals surface area contributed by atoms with Crippen LogP contribution < -0.4 is 25.0 Å². The van der Waals surface area contributed by atoms with Crippen molar-refractivity contribution in [3.63, 3.8) is 0 Å². The largest absolute Gasteiger partial charge is 0.497 e. The molecule has 1 aliphatic heterocycles. The summed E-state index contributed by atoms with van der Waals surface area (Å²) in [5.41, 5.74) is 2.70. The molecule has 0 radical (unpaired) electrons. The Morgan fingerprint density at radius 1 is 0.935 bits per heavy atom. The molecule has 0 spiro atoms. The van der Waals surface area contributed by atoms with Gasteiger partial charge in [-0.3, -0.25) is 9.59 Å². The minimum absolute atomic E-state index is 0.370. The quantitative estimate of drug-likeness (QED) is 0.657. The Kier molecular flexibility index (Phi) is 7.72. The van der Waals surface area contributed by atoms with E-state index in [0.717, 1.165) is 31.7 Å². The van der Waals surface area contributed by atoms with Gasteiger partial charge in [-0.1, -0.05) is 12.1 Å². The van der Waals surface area contributed by atoms with Crippen molar-refractivity contribution in [2.24, 2.45) is 0 Å². The minimum Gasteiger partial charge on any atom is -0.497 e. The maximum Gasteiger partial charge on any atom is 0.313 e. The summed E-state index contributed by atoms with van der Waals surface area (Å²) in [6, 6.07) is 13.4. The van der Waals surface area contributed by atoms with Gasteiger partial charge in [-0.25, -0.2) is 0 Å². The fourth-order valence-corrected chi connectivity index (χ4v) is 3.43. The third-order valence-electron chi connectivity index (χ3n) is 5.37. The Labute approximate surface area is 183 Å². The van der Waals surface area contributed by atoms with Crippen LogP contribution in [0.25, 0.3) is 0 Å². The Morgan fingerprint density at radius 2 is 1.65 bits per heavy atom. The lowest BCUT2D eigenvalue weighted by Crippen LogP contribution is -2.44. The number of rotatable bonds is 7. The zero-order valence-electron chi connectivity index (χ0n) is 18.3. The summed E-state index contributed by atoms with van der Waals surface area (Å²) in [6.45, 7) is 4.56. The van der Waals surface area contributed by atoms with Gasteiger partial charge in [0.05, 0.1) is 19.9 Å². The van der Waals surface area contributed by atoms with Gasteiger partial charge < -0.3 is 29.9 Å². The smallest absolute Gasteiger partial charge is 0.313 e. The van der Waals surface area contributed by atoms with Gasteiger partial charge in [0.15, 0.2) is 0 Å². The van der Waals surface area contributed by atoms with Crippen molar-refractivity contribution in [2.45, 2.75) is 6.42 Å². The van der Waals surface area contributed by atoms with Gasteiger partial charge in [-0.05, 0) is 43.3 Å². The number of amides is 2. The molecule has 0 saturated carbocycles. The standard InChI is InChI=1S/C23H30N4O4/c1-26-12-14-27(15-13-26)18-6-4-17(5-7-18)10-11-24-22(28)23(29)25-20-16-19(30-2)8-9-21(20)31-3/h4-9,16H,10-15H2,1-3H3,(H,24,28)(H,25,29). The number of carbonyl (C=O) groups is 2. The number of likely N-dealkylation sites (N-methyl/N-ethyl adjacent to an activating group) is 1. The lowest BCUT2D eigenvalue weighted by molar-refractivity contribution is -0.136. The predicted octanol–water partition coefficient (Wildman–Crippen LogP) is 1.75. The SMILES string of the molecule is COc1ccc(OC)c(NC(=O)C(=O)NCCc2ccc(N3CCN(C)CC3)cc2)c1. The molecule has 2 aromatic rings. The Bertz CT molecular complexity index is 893. The average Bonchev–Trinajstić information content (AvgIpc) is 2.80. The third kappa shape index (κ3) is 6.11. The normalized spacial score (nSPS) is 14.1. The Morgan fingerprint density at radius 3 is 2.29 bits per heavy atom. The molecule has 2 N–H and O–H groups in total. The third-order valence-corrected chi connectivity index (χ3v) is 5.37. The van der Waals surface area contributed by atoms with E-state index in [2.05, 4.69) is 51.7 Å². The van der Waals surface area contributed by atoms with Gasteiger partial charge in [0, 0.05) is 44.5 Å². The van der Waals surface area contributed by atoms with Crippen molar-refractivity contribution >= 4 is 23.2 Å². The fraction of sp³-hybridized carbons (Fsp3) is 0.391. The van der Waals surface area contributed by atoms with Gasteiger partial charge in [0.2, 0.25) is 0 Å². The Hall–Kier alpha value is -3.26. The molecule has 0 atom stereocenters. The van der Waals surface area contributed by atoms with E-state index in [0.29, 0.717) is 30.2 Å². The molecule has 0 bridgehead atoms. The van der Waals surface area contributed by atoms with Gasteiger partial charge in [0.1, 0.15) is 11.5 Å². The van der Waals surface area contributed by atoms with Gasteiger partial charge in [0.25, 0.3) is 0 Å². The molecule has 0 aromatic heterocycles. The molecule has 1 heterocycles. The molecule has 2 amide bonds. The first kappa shape index (κ1) is 22.4. The number of benzene rings is 2. The summed E-state index contributed by atoms with van der Waals surface area (Å²) in [5.74, 6) is -0.449. The van der Waals surface area contributed by atoms with E-state index in [-0.39, 0.29) is 0 Å². The maximum absolute atomic E-state index is 12.2. The van der Waals surface area contributed by atoms with Crippen molar-refractivity contribution in [3.8, 4) is 11.5 Å². The second kappa shape index (κ2) is 10.7. The van der Waals surface area contributed by atoms with Crippen molar-refractivity contribution in [1.82, 2.24) is 10.2 Å². The van der Waals surface area contributed by atoms with E-state index < -0.39 is 11.8 Å². The van der Waals surface area contributed by atoms with Gasteiger partial charge in [-0.15, -0.1) is 0 Å². The summed E-state index contributed by atoms with van der Waals surface area (Å²) in [6.07, 6.45) is 0.643. The molecule has 8 heteroatoms. The van der Waals surface area contributed by atoms with Crippen LogP contribution >= 0.6 is 0 Å². The van der Waals surface area contributed by atoms with E-state index in [9.17, 15) is 9.59 Å². The minimum atomic E-state index is -0.753. The molecular weight excluding hydrogens is 396 g/mol. The molecule has 166 valence electrons. The summed E-state index contributed by atoms with van der Waals surface area (Å²) in [5, 5.41) is 5.23. The van der Waals surface area contributed by atoms with E-state index in [1.165, 1.54) is 19.9 Å². The molecule has 8 nitrogen and oxygen atoms in total. The first-order valence-electron chi connectivity index (χ1n) is 10.3. The van der Waals surface area contributed by atoms with E-state index in [1.807, 2.05) is 0 Å². The average molecular weight is 427 g/mol. The number of hydrogen-bond donors (Lipinski definition) is 2. The van der Waals surface area contributed by atoms with Crippen LogP contribution in [0.2, 0.25) is 0 Å². The van der Waals surface area contributed by atoms with Crippen LogP contribution in [0.5, 0.6) is 11.5 Å². The number of hydrogen-bond acceptors (Lipinski definition) is 6. The Balaban J connectivity index is 1.47. The lowest BCUT2D eigenvalue weighted by atomic mass is 10.1. The van der Waals surface area contributed by atoms with Crippen LogP contribution in [-0.2, 0) is 16.0 Å². The van der Waals surface area contributed by atoms with E-state index in [1.54, 1.807) is 18.2 Å². The zero-order valence-corrected chi connectivity index (χ0v) is 18.3. The molecule has 3 rings (SSSR count). The molecule has 2 aromatic carbocycles. The molecule has 0 aliphatic carbocycles. The van der Waals surface area contributed by atoms with Crippen LogP contribution in [0, 0.1) is 0 Å². The number of piperazine rings is 1. The number of nitrogens with zero attached hydrogens (tertiary/aromatic N) is 2. The molecular formula is C23H30N4O4. The maximum atomic E-state index is 12.2. The summed E-state index contributed by atoms with van der Waals surface area (Å²) < 4.78 is 10.4. The highest BCUT2D eigenvalue weighted by atomic mass is 16.5. The number of nitrogens with one attached hydrogen (secondary N) is 2. The molecule has 1 aliphatic rings. The number of methoxy groups -OCH3 is 2. The summed E-state index contributed by atoms with van der Waals surface area (Å²) in [7, 11) is 5.16. The van der Waals surface area contributed by atoms with Gasteiger partial charge in [-0.2, -0.15) is 0 Å². The highest BCUT2D eigenvalue weighted by Gasteiger charge is 2.17. The molecule has 31 heavy (non-hydrogen) atoms. The molecule has 1 fully saturated rings. The first-order valence-corrected chi connectivity index (χ1v) is 10.3. The molecule has 0 unspecified atom stereocenters. The van der Waals surface area contributed by atoms with E-state index in [4.69, 9.17) is 9.47 Å². The monoisotopic (exact) mass is 426 g/mol. The topological polar surface area (TPSA) is 83.1 Å². The van der Waals surface area contributed by atoms with Crippen LogP contribution in [0.3, 0.4) is 0 Å². The van der Waals surface area contributed by atoms with Gasteiger partial charge >= 0.3 is 11.8 Å². The fourth-order valence-electron chi connectivity index (χ4n) is 3.43. The second-order valence-corrected chi connectivity index (χ2v) is 7.48. The first-order chi connectivity index (χ1) is 15.0. The lowest BCUT2D eigenvalue weighted by Gasteiger charge is -2.34. The highest BCUT2D eigenvalue weighted by molar-refractivity contribution is 6.39. The second-order valence-electron chi connectivity index (χ2n) is 7.48. The summed E-state index contributed by atoms with van der Waals surface area (Å²) >= 11 is 0. The zero-order chi connectivity index (χ0) is 22.2. The van der Waals surface area contributed by atoms with Crippen LogP contribution in [0.1, 0.15) is 5.56 Å². The van der Waals surface area contributed by atoms with Crippen molar-refractivity contribution in [1.29, 1.82) is 0 Å². The van der Waals surface area contributed by atoms with E-state index >= 15 is 0 Å². The van der Waals surface area contributed by atoms with Crippen molar-refractivity contribution in [2.75, 3.05) is 64.2 Å². The van der Waals surface area contributed by atoms with Crippen molar-refractivity contribution < 1.29 is 19.1 Å². The number of carbonyl (C=O) groups excluding carboxylic acids is 2. The predicted molar refractivity (Wildman–Crippen MR) is 121 cm³/mol. The molecule has 1 saturated heterocycles. The van der Waals surface area contributed by atoms with Crippen LogP contribution in [-0.4, -0.2) is 70.7 Å². The number of anilines is 2. The highest BCUT2D eigenvalue weighted by Crippen LogP contribution is 2.28. The van der Waals surface area contributed by atoms with Crippen LogP contribution in [0.15, 0.2) is 42.5 Å². The summed E-state index contributed by atoms with van der Waals surface area (Å²) in [4.78, 5) is 29.1. The number of ether oxygens (including phenoxy) is 2. The van der Waals surface area contributed by atoms with Crippen molar-refractivity contribution in [3.05, 3.63) is 48.0 Å².